The van der Waals surface area contributed by atoms with Crippen molar-refractivity contribution in [1.29, 1.82) is 0 Å². The number of aryl methyl sites for hydroxylation is 1. The molecule has 0 radical (unpaired) electrons. The predicted octanol–water partition coefficient (Wildman–Crippen LogP) is 7.00. The minimum absolute atomic E-state index is 0.0552. The predicted molar refractivity (Wildman–Crippen MR) is 116 cm³/mol. The highest BCUT2D eigenvalue weighted by atomic mass is 14.4. The number of fused-ring (bicyclic) bond motifs is 4. The van der Waals surface area contributed by atoms with Crippen molar-refractivity contribution in [3.63, 3.8) is 0 Å². The third kappa shape index (κ3) is 2.36. The van der Waals surface area contributed by atoms with E-state index in [1.54, 1.807) is 0 Å². The third-order valence-electron chi connectivity index (χ3n) is 6.75. The lowest BCUT2D eigenvalue weighted by Crippen LogP contribution is -2.18. The van der Waals surface area contributed by atoms with Gasteiger partial charge in [0, 0.05) is 11.3 Å². The Balaban J connectivity index is 1.63. The summed E-state index contributed by atoms with van der Waals surface area (Å²) in [6, 6.07) is 14.0. The van der Waals surface area contributed by atoms with Crippen LogP contribution in [-0.4, -0.2) is 0 Å². The van der Waals surface area contributed by atoms with Gasteiger partial charge >= 0.3 is 0 Å². The Hall–Kier alpha value is -2.60. The molecule has 0 heteroatoms. The molecule has 2 aromatic carbocycles. The highest BCUT2D eigenvalue weighted by Gasteiger charge is 2.36. The van der Waals surface area contributed by atoms with Crippen LogP contribution in [0.25, 0.3) is 16.7 Å². The van der Waals surface area contributed by atoms with Crippen LogP contribution in [0.5, 0.6) is 0 Å². The number of hydrogen-bond donors (Lipinski definition) is 0. The normalized spacial score (nSPS) is 24.0. The summed E-state index contributed by atoms with van der Waals surface area (Å²) in [5, 5.41) is 0. The smallest absolute Gasteiger partial charge is 0.0159 e. The molecule has 0 aliphatic heterocycles. The maximum atomic E-state index is 2.45. The van der Waals surface area contributed by atoms with Crippen LogP contribution in [0.1, 0.15) is 43.0 Å². The molecule has 0 aromatic heterocycles. The summed E-state index contributed by atoms with van der Waals surface area (Å²) in [5.74, 6) is 0.995. The van der Waals surface area contributed by atoms with E-state index in [0.717, 1.165) is 0 Å². The van der Waals surface area contributed by atoms with Crippen LogP contribution in [0.3, 0.4) is 0 Å². The SMILES string of the molecule is Cc1ccc2c(c1)C(C)(C)c1cc(C3=CC=C4C=CC=CC4C3C)ccc1-2. The Labute approximate surface area is 162 Å². The molecule has 0 heterocycles. The maximum Gasteiger partial charge on any atom is 0.0159 e. The maximum absolute atomic E-state index is 2.45. The van der Waals surface area contributed by atoms with Gasteiger partial charge in [0.2, 0.25) is 0 Å². The Morgan fingerprint density at radius 3 is 2.41 bits per heavy atom. The van der Waals surface area contributed by atoms with Gasteiger partial charge < -0.3 is 0 Å². The van der Waals surface area contributed by atoms with E-state index >= 15 is 0 Å². The Kier molecular flexibility index (Phi) is 3.49. The fraction of sp³-hybridized carbons (Fsp3) is 0.259. The average Bonchev–Trinajstić information content (AvgIpc) is 2.89. The molecule has 2 unspecified atom stereocenters. The van der Waals surface area contributed by atoms with Crippen LogP contribution in [0.15, 0.2) is 78.4 Å². The van der Waals surface area contributed by atoms with Crippen molar-refractivity contribution < 1.29 is 0 Å². The van der Waals surface area contributed by atoms with Gasteiger partial charge in [-0.05, 0) is 57.9 Å². The lowest BCUT2D eigenvalue weighted by molar-refractivity contribution is 0.599. The molecular formula is C27H26. The molecule has 0 bridgehead atoms. The minimum atomic E-state index is 0.0552. The van der Waals surface area contributed by atoms with E-state index in [4.69, 9.17) is 0 Å². The molecule has 3 aliphatic rings. The van der Waals surface area contributed by atoms with Gasteiger partial charge in [0.15, 0.2) is 0 Å². The van der Waals surface area contributed by atoms with Crippen molar-refractivity contribution in [3.8, 4) is 11.1 Å². The first-order valence-corrected chi connectivity index (χ1v) is 10.00. The summed E-state index contributed by atoms with van der Waals surface area (Å²) >= 11 is 0. The molecule has 2 atom stereocenters. The van der Waals surface area contributed by atoms with Crippen molar-refractivity contribution in [1.82, 2.24) is 0 Å². The standard InChI is InChI=1S/C27H26/c1-17-9-12-23-24-14-11-20(16-26(24)27(3,4)25(23)15-17)22-13-10-19-7-5-6-8-21(19)18(22)2/h5-16,18,21H,1-4H3. The van der Waals surface area contributed by atoms with Gasteiger partial charge in [-0.25, -0.2) is 0 Å². The zero-order chi connectivity index (χ0) is 18.8. The fourth-order valence-electron chi connectivity index (χ4n) is 5.12. The zero-order valence-electron chi connectivity index (χ0n) is 16.6. The summed E-state index contributed by atoms with van der Waals surface area (Å²) in [5.41, 5.74) is 11.4. The monoisotopic (exact) mass is 350 g/mol. The fourth-order valence-corrected chi connectivity index (χ4v) is 5.12. The van der Waals surface area contributed by atoms with Crippen molar-refractivity contribution in [3.05, 3.63) is 101 Å². The zero-order valence-corrected chi connectivity index (χ0v) is 16.6. The van der Waals surface area contributed by atoms with Crippen molar-refractivity contribution in [2.45, 2.75) is 33.1 Å². The molecule has 0 N–H and O–H groups in total. The van der Waals surface area contributed by atoms with Crippen LogP contribution in [0.2, 0.25) is 0 Å². The summed E-state index contributed by atoms with van der Waals surface area (Å²) in [6.45, 7) is 9.29. The second-order valence-corrected chi connectivity index (χ2v) is 8.78. The van der Waals surface area contributed by atoms with Gasteiger partial charge in [-0.2, -0.15) is 0 Å². The van der Waals surface area contributed by atoms with Crippen LogP contribution in [-0.2, 0) is 5.41 Å². The highest BCUT2D eigenvalue weighted by molar-refractivity contribution is 5.84. The quantitative estimate of drug-likeness (QED) is 0.519. The third-order valence-corrected chi connectivity index (χ3v) is 6.75. The van der Waals surface area contributed by atoms with E-state index in [0.29, 0.717) is 11.8 Å². The second-order valence-electron chi connectivity index (χ2n) is 8.78. The molecule has 0 amide bonds. The molecule has 0 saturated carbocycles. The lowest BCUT2D eigenvalue weighted by Gasteiger charge is -2.30. The van der Waals surface area contributed by atoms with Gasteiger partial charge in [-0.3, -0.25) is 0 Å². The average molecular weight is 351 g/mol. The molecule has 5 rings (SSSR count). The van der Waals surface area contributed by atoms with Crippen molar-refractivity contribution in [2.24, 2.45) is 11.8 Å². The van der Waals surface area contributed by atoms with Gasteiger partial charge in [-0.1, -0.05) is 93.1 Å². The highest BCUT2D eigenvalue weighted by Crippen LogP contribution is 2.50. The number of benzene rings is 2. The van der Waals surface area contributed by atoms with Gasteiger partial charge in [0.1, 0.15) is 0 Å². The first kappa shape index (κ1) is 16.6. The number of hydrogen-bond acceptors (Lipinski definition) is 0. The van der Waals surface area contributed by atoms with E-state index in [9.17, 15) is 0 Å². The first-order chi connectivity index (χ1) is 13.0. The molecule has 27 heavy (non-hydrogen) atoms. The summed E-state index contributed by atoms with van der Waals surface area (Å²) < 4.78 is 0. The van der Waals surface area contributed by atoms with Gasteiger partial charge in [0.05, 0.1) is 0 Å². The molecule has 0 saturated heterocycles. The summed E-state index contributed by atoms with van der Waals surface area (Å²) in [6.07, 6.45) is 13.6. The lowest BCUT2D eigenvalue weighted by atomic mass is 9.73. The Bertz CT molecular complexity index is 1070. The topological polar surface area (TPSA) is 0 Å². The van der Waals surface area contributed by atoms with Crippen molar-refractivity contribution >= 4 is 5.57 Å². The summed E-state index contributed by atoms with van der Waals surface area (Å²) in [7, 11) is 0. The molecule has 0 nitrogen and oxygen atoms in total. The van der Waals surface area contributed by atoms with Gasteiger partial charge in [-0.15, -0.1) is 0 Å². The molecule has 0 fully saturated rings. The Morgan fingerprint density at radius 2 is 1.59 bits per heavy atom. The molecule has 0 spiro atoms. The van der Waals surface area contributed by atoms with Gasteiger partial charge in [0.25, 0.3) is 0 Å². The van der Waals surface area contributed by atoms with Crippen LogP contribution in [0.4, 0.5) is 0 Å². The first-order valence-electron chi connectivity index (χ1n) is 10.00. The molecule has 134 valence electrons. The van der Waals surface area contributed by atoms with Crippen LogP contribution >= 0.6 is 0 Å². The number of rotatable bonds is 1. The van der Waals surface area contributed by atoms with E-state index in [2.05, 4.69) is 101 Å². The van der Waals surface area contributed by atoms with E-state index in [1.165, 1.54) is 44.5 Å². The van der Waals surface area contributed by atoms with E-state index in [-0.39, 0.29) is 5.41 Å². The minimum Gasteiger partial charge on any atom is -0.0764 e. The Morgan fingerprint density at radius 1 is 0.852 bits per heavy atom. The van der Waals surface area contributed by atoms with Crippen LogP contribution < -0.4 is 0 Å². The molecule has 2 aromatic rings. The second kappa shape index (κ2) is 5.70. The van der Waals surface area contributed by atoms with E-state index in [1.807, 2.05) is 0 Å². The van der Waals surface area contributed by atoms with Crippen LogP contribution in [0, 0.1) is 18.8 Å². The molecular weight excluding hydrogens is 324 g/mol. The largest absolute Gasteiger partial charge is 0.0764 e. The van der Waals surface area contributed by atoms with Crippen molar-refractivity contribution in [2.75, 3.05) is 0 Å². The number of allylic oxidation sites excluding steroid dienone is 8. The van der Waals surface area contributed by atoms with E-state index < -0.39 is 0 Å². The molecule has 3 aliphatic carbocycles. The summed E-state index contributed by atoms with van der Waals surface area (Å²) in [4.78, 5) is 0.